The third kappa shape index (κ3) is 45.2. The number of aliphatic carboxylic acids is 5. The fourth-order valence-corrected chi connectivity index (χ4v) is 16.1. The Morgan fingerprint density at radius 3 is 1.62 bits per heavy atom. The van der Waals surface area contributed by atoms with Crippen LogP contribution in [0.1, 0.15) is 217 Å². The number of nitrogens with two attached hydrogens (primary N) is 2. The lowest BCUT2D eigenvalue weighted by Crippen LogP contribution is -2.52. The largest absolute Gasteiger partial charge is 0.481 e. The number of rotatable bonds is 72. The second-order valence-corrected chi connectivity index (χ2v) is 35.2. The summed E-state index contributed by atoms with van der Waals surface area (Å²) in [6.07, 6.45) is -8.05. The number of guanidine groups is 1. The van der Waals surface area contributed by atoms with Gasteiger partial charge in [-0.3, -0.25) is 115 Å². The number of nitrogens with one attached hydrogen (secondary N) is 6. The summed E-state index contributed by atoms with van der Waals surface area (Å²) in [5, 5.41) is 63.3. The van der Waals surface area contributed by atoms with E-state index in [2.05, 4.69) is 36.9 Å². The molecule has 2 saturated heterocycles. The summed E-state index contributed by atoms with van der Waals surface area (Å²) in [5.74, 6) is -24.8. The normalized spacial score (nSPS) is 15.9. The molecule has 0 saturated carbocycles. The highest BCUT2D eigenvalue weighted by atomic mass is 32.2. The standard InChI is InChI=1S/C87H129N11O30S2/c1-50(2)39-63(68(103)23-24-73(107)92-65(49-129-7)69(104)41-52(4)81(120)91-47-60(101)40-51(3)11-8-31-90-87(88)89)96-85(124)66-12-9-32-97(66)75(109)48-128-34-10-13-67(102)64(42-54-14-16-55(17-15-54)53(5)99)95-84(123)58(20-27-78(114)115)45-71(106)62(22-29-80(118)119)94-83(122)57(19-26-77(112)113)44-70(105)61(21-28-79(116)117)93-82(121)56(18-25-76(110)111)43-59(100)30-33-98-74(108)46-72(86(98)125)130-38-37-127-36-35-126-6/h14-17,50-52,56-58,61-66,72H,8-13,18-49H2,1-7H3,(H,91,120)(H,92,107)(H,93,121)(H,94,122)(H,95,123)(H,96,124)(H,110,111)(H,112,113)(H,114,115)(H,116,117)(H,118,119)(H4,88,89,90)/t51-,52+,56-,57-,58-,61+,62+,63-,64-,65-,66-,72?/m0/s1. The molecule has 1 unspecified atom stereocenters. The van der Waals surface area contributed by atoms with Crippen LogP contribution in [0, 0.1) is 35.5 Å². The van der Waals surface area contributed by atoms with Gasteiger partial charge in [-0.15, -0.1) is 11.8 Å². The minimum absolute atomic E-state index is 0.0101. The van der Waals surface area contributed by atoms with E-state index in [-0.39, 0.29) is 131 Å². The first-order valence-electron chi connectivity index (χ1n) is 43.5. The quantitative estimate of drug-likeness (QED) is 0.0146. The Morgan fingerprint density at radius 2 is 1.08 bits per heavy atom. The van der Waals surface area contributed by atoms with Gasteiger partial charge in [-0.2, -0.15) is 11.8 Å². The SMILES string of the molecule is COCCOCCSC1CC(=O)N(CCC(=O)C[C@H](CCC(=O)O)C(=O)N[C@H](CCC(=O)O)C(=O)C[C@H](CCC(=O)O)C(=O)N[C@H](CCC(=O)O)C(=O)C[C@H](CCC(=O)O)C(=O)N[C@@H](Cc2ccc(C(C)=O)cc2)C(=O)CCCOCC(=O)N2CCC[C@H]2C(=O)N[C@@H](CC(C)C)C(=O)CCC(=O)N[C@@H](CSC)C(=O)C[C@@H](C)C(=O)NCC(=O)C[C@@H](C)CCCN=C(N)N)C1=O. The lowest BCUT2D eigenvalue weighted by atomic mass is 9.89. The van der Waals surface area contributed by atoms with Crippen molar-refractivity contribution < 1.29 is 145 Å². The van der Waals surface area contributed by atoms with Crippen molar-refractivity contribution in [3.05, 3.63) is 35.4 Å². The number of benzene rings is 1. The van der Waals surface area contributed by atoms with E-state index >= 15 is 0 Å². The van der Waals surface area contributed by atoms with Crippen molar-refractivity contribution in [1.82, 2.24) is 41.7 Å². The number of likely N-dealkylation sites (tertiary alicyclic amines) is 2. The van der Waals surface area contributed by atoms with Crippen LogP contribution in [0.3, 0.4) is 0 Å². The number of ketones is 8. The maximum atomic E-state index is 14.6. The lowest BCUT2D eigenvalue weighted by molar-refractivity contribution is -0.142. The number of Topliss-reactive ketones (excluding diaryl/α,β-unsaturated/α-hetero) is 8. The van der Waals surface area contributed by atoms with Crippen molar-refractivity contribution in [2.24, 2.45) is 52.0 Å². The molecule has 2 fully saturated rings. The van der Waals surface area contributed by atoms with Gasteiger partial charge in [0, 0.05) is 170 Å². The van der Waals surface area contributed by atoms with Crippen molar-refractivity contribution in [3.63, 3.8) is 0 Å². The van der Waals surface area contributed by atoms with Gasteiger partial charge >= 0.3 is 29.8 Å². The first kappa shape index (κ1) is 113. The number of ether oxygens (including phenoxy) is 3. The van der Waals surface area contributed by atoms with Gasteiger partial charge in [-0.25, -0.2) is 0 Å². The number of aliphatic imine (C=N–C) groups is 1. The molecule has 0 bridgehead atoms. The van der Waals surface area contributed by atoms with E-state index in [1.54, 1.807) is 6.26 Å². The predicted molar refractivity (Wildman–Crippen MR) is 471 cm³/mol. The molecule has 9 amide bonds. The van der Waals surface area contributed by atoms with Crippen LogP contribution < -0.4 is 43.4 Å². The highest BCUT2D eigenvalue weighted by molar-refractivity contribution is 8.00. The van der Waals surface area contributed by atoms with Gasteiger partial charge in [0.25, 0.3) is 0 Å². The number of imide groups is 1. The van der Waals surface area contributed by atoms with Crippen LogP contribution >= 0.6 is 23.5 Å². The number of nitrogens with zero attached hydrogens (tertiary/aromatic N) is 3. The number of carbonyl (C=O) groups excluding carboxylic acids is 17. The summed E-state index contributed by atoms with van der Waals surface area (Å²) in [5.41, 5.74) is 11.4. The van der Waals surface area contributed by atoms with Crippen LogP contribution in [0.5, 0.6) is 0 Å². The number of hydrogen-bond acceptors (Lipinski definition) is 28. The van der Waals surface area contributed by atoms with Crippen LogP contribution in [0.4, 0.5) is 0 Å². The zero-order valence-electron chi connectivity index (χ0n) is 74.9. The molecule has 0 radical (unpaired) electrons. The molecule has 0 aliphatic carbocycles. The van der Waals surface area contributed by atoms with Gasteiger partial charge in [0.15, 0.2) is 46.4 Å². The molecule has 12 atom stereocenters. The van der Waals surface area contributed by atoms with E-state index in [9.17, 15) is 131 Å². The Balaban J connectivity index is 1.77. The van der Waals surface area contributed by atoms with Gasteiger partial charge in [-0.05, 0) is 108 Å². The minimum Gasteiger partial charge on any atom is -0.481 e. The zero-order valence-corrected chi connectivity index (χ0v) is 76.6. The number of thioether (sulfide) groups is 2. The van der Waals surface area contributed by atoms with Crippen LogP contribution in [0.15, 0.2) is 29.3 Å². The summed E-state index contributed by atoms with van der Waals surface area (Å²) in [4.78, 5) is 298. The molecule has 0 spiro atoms. The number of methoxy groups -OCH3 is 1. The van der Waals surface area contributed by atoms with Crippen LogP contribution in [-0.2, 0) is 121 Å². The predicted octanol–water partition coefficient (Wildman–Crippen LogP) is 2.30. The second kappa shape index (κ2) is 61.0. The highest BCUT2D eigenvalue weighted by Crippen LogP contribution is 2.28. The number of amides is 9. The third-order valence-electron chi connectivity index (χ3n) is 21.6. The molecule has 3 rings (SSSR count). The van der Waals surface area contributed by atoms with Crippen molar-refractivity contribution in [2.75, 3.05) is 84.1 Å². The molecule has 130 heavy (non-hydrogen) atoms. The topological polar surface area (TPSA) is 647 Å². The highest BCUT2D eigenvalue weighted by Gasteiger charge is 2.42. The van der Waals surface area contributed by atoms with Gasteiger partial charge in [-0.1, -0.05) is 52.0 Å². The van der Waals surface area contributed by atoms with Gasteiger partial charge < -0.3 is 88.0 Å². The monoisotopic (exact) mass is 1870 g/mol. The van der Waals surface area contributed by atoms with E-state index in [1.165, 1.54) is 73.6 Å². The first-order valence-corrected chi connectivity index (χ1v) is 46.0. The maximum absolute atomic E-state index is 14.6. The summed E-state index contributed by atoms with van der Waals surface area (Å²) in [6, 6.07) is -2.38. The molecule has 15 N–H and O–H groups in total. The molecule has 2 aliphatic rings. The van der Waals surface area contributed by atoms with Crippen molar-refractivity contribution >= 4 is 159 Å². The molecule has 43 heteroatoms. The van der Waals surface area contributed by atoms with Crippen molar-refractivity contribution in [3.8, 4) is 0 Å². The third-order valence-corrected chi connectivity index (χ3v) is 23.5. The Kier molecular flexibility index (Phi) is 53.2. The minimum atomic E-state index is -1.87. The van der Waals surface area contributed by atoms with Crippen LogP contribution in [0.2, 0.25) is 0 Å². The maximum Gasteiger partial charge on any atom is 0.303 e. The van der Waals surface area contributed by atoms with E-state index in [1.807, 2.05) is 20.8 Å². The van der Waals surface area contributed by atoms with Gasteiger partial charge in [0.2, 0.25) is 53.2 Å². The number of carbonyl (C=O) groups is 22. The average molecular weight is 1870 g/mol. The molecule has 1 aromatic carbocycles. The molecule has 0 aromatic heterocycles. The number of hydrogen-bond donors (Lipinski definition) is 13. The molecular formula is C87H129N11O30S2. The van der Waals surface area contributed by atoms with E-state index in [0.29, 0.717) is 50.3 Å². The van der Waals surface area contributed by atoms with E-state index in [0.717, 1.165) is 4.90 Å². The molecule has 724 valence electrons. The first-order chi connectivity index (χ1) is 61.4. The smallest absolute Gasteiger partial charge is 0.303 e. The van der Waals surface area contributed by atoms with Gasteiger partial charge in [0.1, 0.15) is 18.4 Å². The zero-order chi connectivity index (χ0) is 97.3. The fraction of sp³-hybridized carbons (Fsp3) is 0.667. The number of carboxylic acid groups (broad SMARTS) is 5. The average Bonchev–Trinajstić information content (AvgIpc) is 1.66. The molecule has 2 heterocycles. The Morgan fingerprint density at radius 1 is 0.546 bits per heavy atom. The van der Waals surface area contributed by atoms with E-state index < -0.39 is 286 Å². The molecule has 1 aromatic rings. The Hall–Kier alpha value is -10.8. The summed E-state index contributed by atoms with van der Waals surface area (Å²) >= 11 is 2.44. The Bertz CT molecular complexity index is 4120. The Labute approximate surface area is 762 Å². The summed E-state index contributed by atoms with van der Waals surface area (Å²) in [7, 11) is 1.50. The lowest BCUT2D eigenvalue weighted by Gasteiger charge is -2.27. The summed E-state index contributed by atoms with van der Waals surface area (Å²) in [6.45, 7) is 8.36. The van der Waals surface area contributed by atoms with Crippen LogP contribution in [0.25, 0.3) is 0 Å². The molecule has 2 aliphatic heterocycles. The second-order valence-electron chi connectivity index (χ2n) is 33.0. The van der Waals surface area contributed by atoms with Crippen molar-refractivity contribution in [1.29, 1.82) is 0 Å². The molecule has 41 nitrogen and oxygen atoms in total. The molecular weight excluding hydrogens is 1740 g/mol. The van der Waals surface area contributed by atoms with Crippen molar-refractivity contribution in [2.45, 2.75) is 249 Å². The van der Waals surface area contributed by atoms with E-state index in [4.69, 9.17) is 25.7 Å². The fourth-order valence-electron chi connectivity index (χ4n) is 14.4. The van der Waals surface area contributed by atoms with Crippen LogP contribution in [-0.4, -0.2) is 296 Å². The number of carboxylic acids is 5. The van der Waals surface area contributed by atoms with Gasteiger partial charge in [0.05, 0.1) is 61.8 Å². The summed E-state index contributed by atoms with van der Waals surface area (Å²) < 4.78 is 16.1.